The van der Waals surface area contributed by atoms with Crippen LogP contribution < -0.4 is 10.1 Å². The summed E-state index contributed by atoms with van der Waals surface area (Å²) >= 11 is 6.27. The molecule has 5 nitrogen and oxygen atoms in total. The summed E-state index contributed by atoms with van der Waals surface area (Å²) in [6.07, 6.45) is 7.39. The van der Waals surface area contributed by atoms with Gasteiger partial charge in [-0.25, -0.2) is 4.68 Å². The first kappa shape index (κ1) is 18.1. The molecular weight excluding hydrogens is 374 g/mol. The van der Waals surface area contributed by atoms with Gasteiger partial charge >= 0.3 is 0 Å². The molecule has 0 saturated heterocycles. The van der Waals surface area contributed by atoms with Gasteiger partial charge in [0.25, 0.3) is 0 Å². The lowest BCUT2D eigenvalue weighted by molar-refractivity contribution is -0.116. The van der Waals surface area contributed by atoms with Gasteiger partial charge in [0.05, 0.1) is 11.9 Å². The second-order valence-electron chi connectivity index (χ2n) is 6.61. The number of carbonyl (C=O) groups is 1. The van der Waals surface area contributed by atoms with Gasteiger partial charge in [0, 0.05) is 22.9 Å². The average molecular weight is 392 g/mol. The molecule has 1 aromatic heterocycles. The standard InChI is InChI=1S/C22H18ClN3O2/c1-3-11-28-16-9-7-15(8-10-16)17-12-21(27)25-22-18(17)13-24-26(22)20-6-4-5-19(23)14(20)2/h1,4-10,13,17H,11-12H2,2H3,(H,25,27)/t17-/m1/s1. The number of amides is 1. The highest BCUT2D eigenvalue weighted by Crippen LogP contribution is 2.39. The number of terminal acetylenes is 1. The number of hydrogen-bond donors (Lipinski definition) is 1. The van der Waals surface area contributed by atoms with E-state index in [0.29, 0.717) is 23.0 Å². The fourth-order valence-corrected chi connectivity index (χ4v) is 3.62. The minimum atomic E-state index is -0.0846. The SMILES string of the molecule is C#CCOc1ccc([C@H]2CC(=O)Nc3c2cnn3-c2cccc(Cl)c2C)cc1. The summed E-state index contributed by atoms with van der Waals surface area (Å²) in [5.41, 5.74) is 3.73. The summed E-state index contributed by atoms with van der Waals surface area (Å²) in [4.78, 5) is 12.4. The van der Waals surface area contributed by atoms with Crippen LogP contribution in [0.15, 0.2) is 48.7 Å². The molecule has 4 rings (SSSR count). The molecule has 2 heterocycles. The van der Waals surface area contributed by atoms with Crippen LogP contribution in [0.4, 0.5) is 5.82 Å². The molecule has 140 valence electrons. The minimum Gasteiger partial charge on any atom is -0.481 e. The van der Waals surface area contributed by atoms with Gasteiger partial charge in [-0.2, -0.15) is 5.10 Å². The molecule has 2 aromatic carbocycles. The molecule has 3 aromatic rings. The summed E-state index contributed by atoms with van der Waals surface area (Å²) in [6.45, 7) is 2.16. The van der Waals surface area contributed by atoms with Gasteiger partial charge in [-0.1, -0.05) is 35.7 Å². The van der Waals surface area contributed by atoms with Crippen LogP contribution in [0.2, 0.25) is 5.02 Å². The summed E-state index contributed by atoms with van der Waals surface area (Å²) in [7, 11) is 0. The van der Waals surface area contributed by atoms with Crippen molar-refractivity contribution >= 4 is 23.3 Å². The van der Waals surface area contributed by atoms with E-state index in [4.69, 9.17) is 22.8 Å². The maximum atomic E-state index is 12.4. The van der Waals surface area contributed by atoms with Crippen molar-refractivity contribution in [2.24, 2.45) is 0 Å². The van der Waals surface area contributed by atoms with Gasteiger partial charge < -0.3 is 10.1 Å². The molecule has 1 N–H and O–H groups in total. The van der Waals surface area contributed by atoms with Crippen molar-refractivity contribution in [3.63, 3.8) is 0 Å². The van der Waals surface area contributed by atoms with Crippen LogP contribution in [0.5, 0.6) is 5.75 Å². The predicted octanol–water partition coefficient (Wildman–Crippen LogP) is 4.32. The van der Waals surface area contributed by atoms with E-state index < -0.39 is 0 Å². The second kappa shape index (κ2) is 7.41. The molecule has 0 radical (unpaired) electrons. The van der Waals surface area contributed by atoms with E-state index in [2.05, 4.69) is 16.3 Å². The quantitative estimate of drug-likeness (QED) is 0.674. The summed E-state index contributed by atoms with van der Waals surface area (Å²) in [6, 6.07) is 13.3. The highest BCUT2D eigenvalue weighted by atomic mass is 35.5. The number of anilines is 1. The molecule has 0 spiro atoms. The molecule has 1 aliphatic heterocycles. The monoisotopic (exact) mass is 391 g/mol. The fraction of sp³-hybridized carbons (Fsp3) is 0.182. The number of hydrogen-bond acceptors (Lipinski definition) is 3. The molecule has 1 aliphatic rings. The van der Waals surface area contributed by atoms with Crippen LogP contribution in [0.3, 0.4) is 0 Å². The fourth-order valence-electron chi connectivity index (χ4n) is 3.45. The van der Waals surface area contributed by atoms with Crippen LogP contribution in [0, 0.1) is 19.3 Å². The van der Waals surface area contributed by atoms with Crippen LogP contribution in [0.1, 0.15) is 29.0 Å². The third kappa shape index (κ3) is 3.23. The maximum absolute atomic E-state index is 12.4. The van der Waals surface area contributed by atoms with E-state index in [0.717, 1.165) is 22.4 Å². The van der Waals surface area contributed by atoms with Gasteiger partial charge in [-0.3, -0.25) is 4.79 Å². The lowest BCUT2D eigenvalue weighted by atomic mass is 9.87. The van der Waals surface area contributed by atoms with Gasteiger partial charge in [0.15, 0.2) is 0 Å². The topological polar surface area (TPSA) is 56.1 Å². The number of nitrogens with zero attached hydrogens (tertiary/aromatic N) is 2. The van der Waals surface area contributed by atoms with Crippen molar-refractivity contribution in [1.29, 1.82) is 0 Å². The number of carbonyl (C=O) groups excluding carboxylic acids is 1. The first-order valence-electron chi connectivity index (χ1n) is 8.88. The van der Waals surface area contributed by atoms with Gasteiger partial charge in [0.1, 0.15) is 18.2 Å². The number of ether oxygens (including phenoxy) is 1. The Morgan fingerprint density at radius 1 is 1.32 bits per heavy atom. The van der Waals surface area contributed by atoms with Gasteiger partial charge in [0.2, 0.25) is 5.91 Å². The summed E-state index contributed by atoms with van der Waals surface area (Å²) in [5, 5.41) is 8.15. The van der Waals surface area contributed by atoms with Crippen LogP contribution in [0.25, 0.3) is 5.69 Å². The Hall–Kier alpha value is -3.23. The number of fused-ring (bicyclic) bond motifs is 1. The minimum absolute atomic E-state index is 0.0495. The highest BCUT2D eigenvalue weighted by Gasteiger charge is 2.30. The normalized spacial score (nSPS) is 15.5. The lowest BCUT2D eigenvalue weighted by Gasteiger charge is -2.24. The third-order valence-corrected chi connectivity index (χ3v) is 5.30. The Kier molecular flexibility index (Phi) is 4.81. The van der Waals surface area contributed by atoms with E-state index in [1.165, 1.54) is 0 Å². The van der Waals surface area contributed by atoms with Crippen LogP contribution >= 0.6 is 11.6 Å². The van der Waals surface area contributed by atoms with E-state index in [1.54, 1.807) is 4.68 Å². The Morgan fingerprint density at radius 3 is 2.86 bits per heavy atom. The Bertz CT molecular complexity index is 1080. The number of aromatic nitrogens is 2. The maximum Gasteiger partial charge on any atom is 0.226 e. The van der Waals surface area contributed by atoms with E-state index >= 15 is 0 Å². The lowest BCUT2D eigenvalue weighted by Crippen LogP contribution is -2.24. The Balaban J connectivity index is 1.73. The van der Waals surface area contributed by atoms with Crippen molar-refractivity contribution in [1.82, 2.24) is 9.78 Å². The molecule has 0 fully saturated rings. The zero-order chi connectivity index (χ0) is 19.7. The molecule has 0 unspecified atom stereocenters. The van der Waals surface area contributed by atoms with Crippen LogP contribution in [-0.2, 0) is 4.79 Å². The third-order valence-electron chi connectivity index (χ3n) is 4.89. The second-order valence-corrected chi connectivity index (χ2v) is 7.02. The zero-order valence-corrected chi connectivity index (χ0v) is 16.0. The molecule has 6 heteroatoms. The van der Waals surface area contributed by atoms with Gasteiger partial charge in [-0.05, 0) is 42.3 Å². The van der Waals surface area contributed by atoms with Crippen molar-refractivity contribution < 1.29 is 9.53 Å². The van der Waals surface area contributed by atoms with Crippen molar-refractivity contribution in [3.8, 4) is 23.8 Å². The number of nitrogens with one attached hydrogen (secondary N) is 1. The molecular formula is C22H18ClN3O2. The molecule has 0 aliphatic carbocycles. The molecule has 28 heavy (non-hydrogen) atoms. The molecule has 0 bridgehead atoms. The number of rotatable bonds is 4. The average Bonchev–Trinajstić information content (AvgIpc) is 3.12. The molecule has 1 atom stereocenters. The largest absolute Gasteiger partial charge is 0.481 e. The molecule has 1 amide bonds. The zero-order valence-electron chi connectivity index (χ0n) is 15.3. The highest BCUT2D eigenvalue weighted by molar-refractivity contribution is 6.31. The Labute approximate surface area is 168 Å². The van der Waals surface area contributed by atoms with Crippen molar-refractivity contribution in [2.75, 3.05) is 11.9 Å². The van der Waals surface area contributed by atoms with Crippen molar-refractivity contribution in [2.45, 2.75) is 19.3 Å². The molecule has 0 saturated carbocycles. The first-order chi connectivity index (χ1) is 13.6. The Morgan fingerprint density at radius 2 is 2.11 bits per heavy atom. The van der Waals surface area contributed by atoms with Gasteiger partial charge in [-0.15, -0.1) is 6.42 Å². The van der Waals surface area contributed by atoms with E-state index in [9.17, 15) is 4.79 Å². The number of benzene rings is 2. The van der Waals surface area contributed by atoms with E-state index in [1.807, 2.05) is 55.6 Å². The smallest absolute Gasteiger partial charge is 0.226 e. The summed E-state index contributed by atoms with van der Waals surface area (Å²) < 4.78 is 7.17. The van der Waals surface area contributed by atoms with E-state index in [-0.39, 0.29) is 18.4 Å². The summed E-state index contributed by atoms with van der Waals surface area (Å²) in [5.74, 6) is 3.69. The number of halogens is 1. The first-order valence-corrected chi connectivity index (χ1v) is 9.25. The van der Waals surface area contributed by atoms with Crippen molar-refractivity contribution in [3.05, 3.63) is 70.4 Å². The van der Waals surface area contributed by atoms with Crippen LogP contribution in [-0.4, -0.2) is 22.3 Å². The predicted molar refractivity (Wildman–Crippen MR) is 109 cm³/mol.